The molecule has 11 rings (SSSR count). The molecule has 9 aromatic carbocycles. The summed E-state index contributed by atoms with van der Waals surface area (Å²) in [5, 5.41) is 21.1. The van der Waals surface area contributed by atoms with E-state index in [4.69, 9.17) is 9.97 Å². The van der Waals surface area contributed by atoms with Crippen molar-refractivity contribution in [3.05, 3.63) is 242 Å². The average Bonchev–Trinajstić information content (AvgIpc) is 3.73. The van der Waals surface area contributed by atoms with Crippen molar-refractivity contribution in [3.8, 4) is 74.0 Å². The van der Waals surface area contributed by atoms with Gasteiger partial charge in [-0.3, -0.25) is 0 Å². The van der Waals surface area contributed by atoms with E-state index in [2.05, 4.69) is 198 Å². The van der Waals surface area contributed by atoms with E-state index >= 15 is 0 Å². The Morgan fingerprint density at radius 2 is 0.773 bits per heavy atom. The Kier molecular flexibility index (Phi) is 10.2. The molecular formula is C60H38N6. The van der Waals surface area contributed by atoms with Crippen LogP contribution < -0.4 is 4.90 Å². The van der Waals surface area contributed by atoms with Gasteiger partial charge in [-0.25, -0.2) is 9.97 Å². The zero-order valence-corrected chi connectivity index (χ0v) is 35.6. The van der Waals surface area contributed by atoms with Gasteiger partial charge in [0.15, 0.2) is 5.82 Å². The molecule has 6 heteroatoms. The first kappa shape index (κ1) is 39.5. The molecule has 11 aromatic rings. The van der Waals surface area contributed by atoms with Crippen molar-refractivity contribution in [1.29, 1.82) is 10.5 Å². The molecule has 2 aromatic heterocycles. The Morgan fingerprint density at radius 1 is 0.348 bits per heavy atom. The Balaban J connectivity index is 0.868. The first-order chi connectivity index (χ1) is 32.6. The number of aromatic nitrogens is 3. The summed E-state index contributed by atoms with van der Waals surface area (Å²) in [6, 6.07) is 83.5. The van der Waals surface area contributed by atoms with Gasteiger partial charge in [-0.15, -0.1) is 0 Å². The summed E-state index contributed by atoms with van der Waals surface area (Å²) in [5.74, 6) is 0.558. The van der Waals surface area contributed by atoms with E-state index in [0.717, 1.165) is 84.1 Å². The molecule has 6 nitrogen and oxygen atoms in total. The molecule has 0 amide bonds. The lowest BCUT2D eigenvalue weighted by Crippen LogP contribution is -2.09. The summed E-state index contributed by atoms with van der Waals surface area (Å²) in [6.07, 6.45) is 0. The number of hydrogen-bond donors (Lipinski definition) is 0. The van der Waals surface area contributed by atoms with E-state index in [-0.39, 0.29) is 0 Å². The Labute approximate surface area is 382 Å². The number of para-hydroxylation sites is 3. The Bertz CT molecular complexity index is 3490. The van der Waals surface area contributed by atoms with Gasteiger partial charge in [0.25, 0.3) is 0 Å². The lowest BCUT2D eigenvalue weighted by Gasteiger charge is -2.25. The minimum atomic E-state index is 0.558. The standard InChI is InChI=1S/C60H38N6/c61-39-41-15-19-47(20-16-41)56-38-57(64-60(63-56)49-21-17-42(40-62)18-22-49)48-29-27-45(28-30-48)43-23-25-44(26-24-43)46-31-33-52(34-32-46)66-58-14-8-7-13-54(58)55-37-53(35-36-59(55)66)65(50-9-3-1-4-10-50)51-11-5-2-6-12-51/h1-38H. The Morgan fingerprint density at radius 3 is 1.29 bits per heavy atom. The maximum atomic E-state index is 9.35. The van der Waals surface area contributed by atoms with Crippen LogP contribution in [0.4, 0.5) is 17.1 Å². The van der Waals surface area contributed by atoms with E-state index in [0.29, 0.717) is 17.0 Å². The first-order valence-corrected chi connectivity index (χ1v) is 21.8. The van der Waals surface area contributed by atoms with Crippen LogP contribution >= 0.6 is 0 Å². The van der Waals surface area contributed by atoms with Crippen LogP contribution in [0.25, 0.3) is 83.6 Å². The number of anilines is 3. The molecule has 0 spiro atoms. The highest BCUT2D eigenvalue weighted by Crippen LogP contribution is 2.40. The molecule has 0 unspecified atom stereocenters. The van der Waals surface area contributed by atoms with E-state index in [1.807, 2.05) is 30.3 Å². The monoisotopic (exact) mass is 842 g/mol. The van der Waals surface area contributed by atoms with Gasteiger partial charge in [-0.1, -0.05) is 127 Å². The van der Waals surface area contributed by atoms with E-state index in [9.17, 15) is 10.5 Å². The molecule has 0 saturated heterocycles. The fourth-order valence-corrected chi connectivity index (χ4v) is 8.75. The summed E-state index contributed by atoms with van der Waals surface area (Å²) in [6.45, 7) is 0. The second-order valence-corrected chi connectivity index (χ2v) is 16.1. The van der Waals surface area contributed by atoms with Gasteiger partial charge in [0.05, 0.1) is 45.7 Å². The molecule has 0 saturated carbocycles. The second kappa shape index (κ2) is 17.1. The third-order valence-electron chi connectivity index (χ3n) is 12.1. The molecule has 66 heavy (non-hydrogen) atoms. The lowest BCUT2D eigenvalue weighted by atomic mass is 9.98. The molecule has 308 valence electrons. The predicted molar refractivity (Wildman–Crippen MR) is 268 cm³/mol. The summed E-state index contributed by atoms with van der Waals surface area (Å²) in [4.78, 5) is 12.2. The number of fused-ring (bicyclic) bond motifs is 3. The minimum Gasteiger partial charge on any atom is -0.310 e. The molecule has 2 heterocycles. The van der Waals surface area contributed by atoms with Gasteiger partial charge < -0.3 is 9.47 Å². The highest BCUT2D eigenvalue weighted by Gasteiger charge is 2.18. The van der Waals surface area contributed by atoms with Crippen molar-refractivity contribution in [1.82, 2.24) is 14.5 Å². The van der Waals surface area contributed by atoms with Crippen molar-refractivity contribution in [2.75, 3.05) is 4.90 Å². The highest BCUT2D eigenvalue weighted by molar-refractivity contribution is 6.10. The number of rotatable bonds is 9. The maximum absolute atomic E-state index is 9.35. The molecule has 0 aliphatic heterocycles. The number of hydrogen-bond acceptors (Lipinski definition) is 5. The van der Waals surface area contributed by atoms with Crippen molar-refractivity contribution < 1.29 is 0 Å². The van der Waals surface area contributed by atoms with Gasteiger partial charge in [-0.2, -0.15) is 10.5 Å². The quantitative estimate of drug-likeness (QED) is 0.145. The fraction of sp³-hybridized carbons (Fsp3) is 0. The molecular weight excluding hydrogens is 805 g/mol. The van der Waals surface area contributed by atoms with Crippen molar-refractivity contribution in [2.45, 2.75) is 0 Å². The van der Waals surface area contributed by atoms with Crippen LogP contribution in [0.1, 0.15) is 11.1 Å². The summed E-state index contributed by atoms with van der Waals surface area (Å²) < 4.78 is 2.36. The molecule has 0 aliphatic carbocycles. The van der Waals surface area contributed by atoms with Gasteiger partial charge in [0, 0.05) is 50.2 Å². The summed E-state index contributed by atoms with van der Waals surface area (Å²) in [7, 11) is 0. The SMILES string of the molecule is N#Cc1ccc(-c2cc(-c3ccc(-c4ccc(-c5ccc(-n6c7ccccc7c7cc(N(c8ccccc8)c8ccccc8)ccc76)cc5)cc4)cc3)nc(-c3ccc(C#N)cc3)n2)cc1. The van der Waals surface area contributed by atoms with Gasteiger partial charge >= 0.3 is 0 Å². The highest BCUT2D eigenvalue weighted by atomic mass is 15.1. The Hall–Kier alpha value is -9.36. The summed E-state index contributed by atoms with van der Waals surface area (Å²) in [5.41, 5.74) is 16.6. The lowest BCUT2D eigenvalue weighted by molar-refractivity contribution is 1.18. The van der Waals surface area contributed by atoms with Crippen LogP contribution in [0.2, 0.25) is 0 Å². The minimum absolute atomic E-state index is 0.558. The third kappa shape index (κ3) is 7.51. The zero-order valence-electron chi connectivity index (χ0n) is 35.6. The third-order valence-corrected chi connectivity index (χ3v) is 12.1. The fourth-order valence-electron chi connectivity index (χ4n) is 8.75. The first-order valence-electron chi connectivity index (χ1n) is 21.8. The molecule has 0 aliphatic rings. The molecule has 0 bridgehead atoms. The smallest absolute Gasteiger partial charge is 0.160 e. The topological polar surface area (TPSA) is 81.5 Å². The van der Waals surface area contributed by atoms with Crippen molar-refractivity contribution in [3.63, 3.8) is 0 Å². The summed E-state index contributed by atoms with van der Waals surface area (Å²) >= 11 is 0. The molecule has 0 atom stereocenters. The average molecular weight is 843 g/mol. The largest absolute Gasteiger partial charge is 0.310 e. The van der Waals surface area contributed by atoms with E-state index in [1.54, 1.807) is 24.3 Å². The van der Waals surface area contributed by atoms with Crippen LogP contribution in [0.15, 0.2) is 231 Å². The van der Waals surface area contributed by atoms with Crippen LogP contribution in [0, 0.1) is 22.7 Å². The van der Waals surface area contributed by atoms with Crippen molar-refractivity contribution in [2.24, 2.45) is 0 Å². The van der Waals surface area contributed by atoms with Crippen LogP contribution in [-0.2, 0) is 0 Å². The van der Waals surface area contributed by atoms with Crippen LogP contribution in [0.3, 0.4) is 0 Å². The van der Waals surface area contributed by atoms with Gasteiger partial charge in [0.2, 0.25) is 0 Å². The molecule has 0 fully saturated rings. The number of benzene rings is 9. The maximum Gasteiger partial charge on any atom is 0.160 e. The molecule has 0 radical (unpaired) electrons. The van der Waals surface area contributed by atoms with Gasteiger partial charge in [0.1, 0.15) is 0 Å². The predicted octanol–water partition coefficient (Wildman–Crippen LogP) is 15.1. The van der Waals surface area contributed by atoms with Crippen LogP contribution in [0.5, 0.6) is 0 Å². The second-order valence-electron chi connectivity index (χ2n) is 16.1. The number of nitriles is 2. The van der Waals surface area contributed by atoms with E-state index in [1.165, 1.54) is 10.8 Å². The normalized spacial score (nSPS) is 11.0. The molecule has 0 N–H and O–H groups in total. The number of nitrogens with zero attached hydrogens (tertiary/aromatic N) is 6. The van der Waals surface area contributed by atoms with Crippen LogP contribution in [-0.4, -0.2) is 14.5 Å². The van der Waals surface area contributed by atoms with Crippen molar-refractivity contribution >= 4 is 38.9 Å². The van der Waals surface area contributed by atoms with Gasteiger partial charge in [-0.05, 0) is 125 Å². The zero-order chi connectivity index (χ0) is 44.4. The van der Waals surface area contributed by atoms with E-state index < -0.39 is 0 Å².